The number of hydrogen-bond acceptors (Lipinski definition) is 4. The first-order chi connectivity index (χ1) is 9.26. The summed E-state index contributed by atoms with van der Waals surface area (Å²) in [6.07, 6.45) is 2.93. The van der Waals surface area contributed by atoms with Crippen LogP contribution in [0.4, 0.5) is 5.82 Å². The number of pyridine rings is 1. The molecule has 0 saturated carbocycles. The molecule has 2 rings (SSSR count). The van der Waals surface area contributed by atoms with Crippen LogP contribution in [0.1, 0.15) is 36.7 Å². The summed E-state index contributed by atoms with van der Waals surface area (Å²) < 4.78 is 0. The summed E-state index contributed by atoms with van der Waals surface area (Å²) in [6, 6.07) is 5.34. The lowest BCUT2D eigenvalue weighted by molar-refractivity contribution is 0.0497. The lowest BCUT2D eigenvalue weighted by Crippen LogP contribution is -2.45. The number of rotatable bonds is 4. The minimum atomic E-state index is -0.0847. The van der Waals surface area contributed by atoms with Crippen molar-refractivity contribution in [2.24, 2.45) is 0 Å². The van der Waals surface area contributed by atoms with Gasteiger partial charge < -0.3 is 15.3 Å². The fourth-order valence-corrected chi connectivity index (χ4v) is 2.44. The number of nitrogens with zero attached hydrogens (tertiary/aromatic N) is 2. The van der Waals surface area contributed by atoms with E-state index in [1.165, 1.54) is 0 Å². The van der Waals surface area contributed by atoms with E-state index < -0.39 is 0 Å². The summed E-state index contributed by atoms with van der Waals surface area (Å²) >= 11 is 0. The highest BCUT2D eigenvalue weighted by Crippen LogP contribution is 2.19. The third kappa shape index (κ3) is 3.23. The molecule has 5 heteroatoms. The van der Waals surface area contributed by atoms with Gasteiger partial charge in [-0.3, -0.25) is 4.79 Å². The zero-order valence-corrected chi connectivity index (χ0v) is 11.3. The SMILES string of the molecule is CCNc1cccc(C(=O)N2CCCCC2CO)n1. The number of hydrogen-bond donors (Lipinski definition) is 2. The standard InChI is InChI=1S/C14H21N3O2/c1-2-15-13-8-5-7-12(16-13)14(19)17-9-4-3-6-11(17)10-18/h5,7-8,11,18H,2-4,6,9-10H2,1H3,(H,15,16). The van der Waals surface area contributed by atoms with Crippen LogP contribution in [0.25, 0.3) is 0 Å². The van der Waals surface area contributed by atoms with Gasteiger partial charge in [-0.1, -0.05) is 6.07 Å². The minimum absolute atomic E-state index is 0.0264. The number of anilines is 1. The molecule has 1 aromatic rings. The zero-order chi connectivity index (χ0) is 13.7. The maximum absolute atomic E-state index is 12.5. The van der Waals surface area contributed by atoms with Gasteiger partial charge in [0.1, 0.15) is 11.5 Å². The van der Waals surface area contributed by atoms with Gasteiger partial charge in [0, 0.05) is 13.1 Å². The number of aliphatic hydroxyl groups is 1. The molecule has 1 fully saturated rings. The first-order valence-electron chi connectivity index (χ1n) is 6.89. The van der Waals surface area contributed by atoms with Gasteiger partial charge >= 0.3 is 0 Å². The van der Waals surface area contributed by atoms with Crippen molar-refractivity contribution in [3.63, 3.8) is 0 Å². The molecule has 1 aliphatic rings. The Kier molecular flexibility index (Phi) is 4.74. The van der Waals surface area contributed by atoms with E-state index in [0.29, 0.717) is 18.1 Å². The van der Waals surface area contributed by atoms with Crippen LogP contribution in [-0.2, 0) is 0 Å². The average Bonchev–Trinajstić information content (AvgIpc) is 2.47. The summed E-state index contributed by atoms with van der Waals surface area (Å²) in [7, 11) is 0. The highest BCUT2D eigenvalue weighted by atomic mass is 16.3. The van der Waals surface area contributed by atoms with Crippen LogP contribution in [0.2, 0.25) is 0 Å². The lowest BCUT2D eigenvalue weighted by atomic mass is 10.0. The topological polar surface area (TPSA) is 65.5 Å². The molecule has 1 amide bonds. The first-order valence-corrected chi connectivity index (χ1v) is 6.89. The Labute approximate surface area is 113 Å². The summed E-state index contributed by atoms with van der Waals surface area (Å²) in [4.78, 5) is 18.5. The van der Waals surface area contributed by atoms with Gasteiger partial charge in [-0.25, -0.2) is 4.98 Å². The molecule has 19 heavy (non-hydrogen) atoms. The summed E-state index contributed by atoms with van der Waals surface area (Å²) in [5, 5.41) is 12.5. The van der Waals surface area contributed by atoms with E-state index in [4.69, 9.17) is 0 Å². The Hall–Kier alpha value is -1.62. The number of carbonyl (C=O) groups is 1. The number of aliphatic hydroxyl groups excluding tert-OH is 1. The Balaban J connectivity index is 2.15. The van der Waals surface area contributed by atoms with Crippen molar-refractivity contribution in [2.75, 3.05) is 25.0 Å². The molecular weight excluding hydrogens is 242 g/mol. The van der Waals surface area contributed by atoms with Crippen molar-refractivity contribution in [1.82, 2.24) is 9.88 Å². The molecule has 2 heterocycles. The van der Waals surface area contributed by atoms with Gasteiger partial charge in [0.25, 0.3) is 5.91 Å². The van der Waals surface area contributed by atoms with E-state index in [-0.39, 0.29) is 18.6 Å². The zero-order valence-electron chi connectivity index (χ0n) is 11.3. The maximum Gasteiger partial charge on any atom is 0.272 e. The molecule has 1 saturated heterocycles. The number of amides is 1. The maximum atomic E-state index is 12.5. The van der Waals surface area contributed by atoms with Gasteiger partial charge in [-0.05, 0) is 38.3 Å². The quantitative estimate of drug-likeness (QED) is 0.864. The molecule has 0 spiro atoms. The number of aromatic nitrogens is 1. The van der Waals surface area contributed by atoms with Crippen molar-refractivity contribution in [3.05, 3.63) is 23.9 Å². The van der Waals surface area contributed by atoms with E-state index in [2.05, 4.69) is 10.3 Å². The Morgan fingerprint density at radius 1 is 1.53 bits per heavy atom. The summed E-state index contributed by atoms with van der Waals surface area (Å²) in [6.45, 7) is 3.49. The number of piperidine rings is 1. The van der Waals surface area contributed by atoms with E-state index in [9.17, 15) is 9.90 Å². The van der Waals surface area contributed by atoms with Crippen molar-refractivity contribution < 1.29 is 9.90 Å². The molecule has 104 valence electrons. The van der Waals surface area contributed by atoms with Gasteiger partial charge in [-0.15, -0.1) is 0 Å². The largest absolute Gasteiger partial charge is 0.394 e. The second-order valence-electron chi connectivity index (χ2n) is 4.77. The normalized spacial score (nSPS) is 19.3. The van der Waals surface area contributed by atoms with Crippen LogP contribution in [0.3, 0.4) is 0 Å². The molecule has 1 aliphatic heterocycles. The summed E-state index contributed by atoms with van der Waals surface area (Å²) in [5.74, 6) is 0.629. The first kappa shape index (κ1) is 13.8. The molecule has 5 nitrogen and oxygen atoms in total. The van der Waals surface area contributed by atoms with Crippen LogP contribution in [0, 0.1) is 0 Å². The predicted molar refractivity (Wildman–Crippen MR) is 74.2 cm³/mol. The summed E-state index contributed by atoms with van der Waals surface area (Å²) in [5.41, 5.74) is 0.443. The fourth-order valence-electron chi connectivity index (χ4n) is 2.44. The molecule has 0 aliphatic carbocycles. The predicted octanol–water partition coefficient (Wildman–Crippen LogP) is 1.50. The number of nitrogens with one attached hydrogen (secondary N) is 1. The monoisotopic (exact) mass is 263 g/mol. The highest BCUT2D eigenvalue weighted by molar-refractivity contribution is 5.93. The van der Waals surface area contributed by atoms with Crippen LogP contribution < -0.4 is 5.32 Å². The Morgan fingerprint density at radius 3 is 3.11 bits per heavy atom. The third-order valence-corrected chi connectivity index (χ3v) is 3.42. The van der Waals surface area contributed by atoms with Crippen LogP contribution in [0.5, 0.6) is 0 Å². The average molecular weight is 263 g/mol. The molecule has 0 aromatic carbocycles. The van der Waals surface area contributed by atoms with E-state index in [1.807, 2.05) is 19.1 Å². The Bertz CT molecular complexity index is 436. The molecule has 1 aromatic heterocycles. The van der Waals surface area contributed by atoms with Gasteiger partial charge in [0.15, 0.2) is 0 Å². The smallest absolute Gasteiger partial charge is 0.272 e. The Morgan fingerprint density at radius 2 is 2.37 bits per heavy atom. The second kappa shape index (κ2) is 6.52. The number of likely N-dealkylation sites (tertiary alicyclic amines) is 1. The van der Waals surface area contributed by atoms with Gasteiger partial charge in [0.2, 0.25) is 0 Å². The van der Waals surface area contributed by atoms with Crippen LogP contribution >= 0.6 is 0 Å². The third-order valence-electron chi connectivity index (χ3n) is 3.42. The second-order valence-corrected chi connectivity index (χ2v) is 4.77. The van der Waals surface area contributed by atoms with Crippen molar-refractivity contribution >= 4 is 11.7 Å². The van der Waals surface area contributed by atoms with E-state index in [0.717, 1.165) is 25.8 Å². The molecular formula is C14H21N3O2. The number of carbonyl (C=O) groups excluding carboxylic acids is 1. The molecule has 0 bridgehead atoms. The molecule has 0 radical (unpaired) electrons. The van der Waals surface area contributed by atoms with Crippen LogP contribution in [0.15, 0.2) is 18.2 Å². The fraction of sp³-hybridized carbons (Fsp3) is 0.571. The molecule has 2 N–H and O–H groups in total. The van der Waals surface area contributed by atoms with Crippen LogP contribution in [-0.4, -0.2) is 46.6 Å². The highest BCUT2D eigenvalue weighted by Gasteiger charge is 2.27. The van der Waals surface area contributed by atoms with Crippen molar-refractivity contribution in [2.45, 2.75) is 32.2 Å². The lowest BCUT2D eigenvalue weighted by Gasteiger charge is -2.34. The van der Waals surface area contributed by atoms with Crippen molar-refractivity contribution in [3.8, 4) is 0 Å². The minimum Gasteiger partial charge on any atom is -0.394 e. The molecule has 1 unspecified atom stereocenters. The van der Waals surface area contributed by atoms with Gasteiger partial charge in [-0.2, -0.15) is 0 Å². The van der Waals surface area contributed by atoms with Gasteiger partial charge in [0.05, 0.1) is 12.6 Å². The van der Waals surface area contributed by atoms with E-state index >= 15 is 0 Å². The molecule has 1 atom stereocenters. The van der Waals surface area contributed by atoms with E-state index in [1.54, 1.807) is 11.0 Å². The van der Waals surface area contributed by atoms with Crippen molar-refractivity contribution in [1.29, 1.82) is 0 Å².